The molecule has 6 nitrogen and oxygen atoms in total. The molecule has 0 fully saturated rings. The number of methoxy groups -OCH3 is 1. The minimum atomic E-state index is -3.66. The number of benzene rings is 2. The highest BCUT2D eigenvalue weighted by atomic mass is 32.2. The van der Waals surface area contributed by atoms with Crippen molar-refractivity contribution in [3.8, 4) is 5.75 Å². The van der Waals surface area contributed by atoms with E-state index in [4.69, 9.17) is 4.74 Å². The topological polar surface area (TPSA) is 84.5 Å². The summed E-state index contributed by atoms with van der Waals surface area (Å²) in [5, 5.41) is 2.84. The largest absolute Gasteiger partial charge is 0.497 e. The Kier molecular flexibility index (Phi) is 6.05. The second-order valence-electron chi connectivity index (χ2n) is 6.90. The molecule has 0 saturated carbocycles. The Labute approximate surface area is 154 Å². The van der Waals surface area contributed by atoms with Gasteiger partial charge in [0.05, 0.1) is 12.0 Å². The number of rotatable bonds is 6. The number of carbonyl (C=O) groups is 1. The molecule has 2 aromatic carbocycles. The number of ether oxygens (including phenoxy) is 1. The molecule has 0 aliphatic rings. The second kappa shape index (κ2) is 7.88. The Morgan fingerprint density at radius 2 is 1.58 bits per heavy atom. The van der Waals surface area contributed by atoms with Crippen LogP contribution in [0, 0.1) is 0 Å². The minimum absolute atomic E-state index is 0.110. The summed E-state index contributed by atoms with van der Waals surface area (Å²) < 4.78 is 32.4. The standard InChI is InChI=1S/C19H24N2O4S/c1-19(2,3)21-18(22)15-7-11-17(12-8-15)26(23,24)20-13-14-5-9-16(25-4)10-6-14/h5-12,20H,13H2,1-4H3,(H,21,22). The summed E-state index contributed by atoms with van der Waals surface area (Å²) >= 11 is 0. The molecule has 2 N–H and O–H groups in total. The Hall–Kier alpha value is -2.38. The van der Waals surface area contributed by atoms with Gasteiger partial charge in [0.15, 0.2) is 0 Å². The van der Waals surface area contributed by atoms with Crippen molar-refractivity contribution in [3.05, 3.63) is 59.7 Å². The molecule has 0 aliphatic carbocycles. The molecule has 0 bridgehead atoms. The molecule has 0 radical (unpaired) electrons. The summed E-state index contributed by atoms with van der Waals surface area (Å²) in [6.07, 6.45) is 0. The summed E-state index contributed by atoms with van der Waals surface area (Å²) in [7, 11) is -2.09. The van der Waals surface area contributed by atoms with Gasteiger partial charge < -0.3 is 10.1 Å². The highest BCUT2D eigenvalue weighted by Gasteiger charge is 2.17. The van der Waals surface area contributed by atoms with E-state index in [1.54, 1.807) is 31.4 Å². The Morgan fingerprint density at radius 3 is 2.08 bits per heavy atom. The third-order valence-corrected chi connectivity index (χ3v) is 4.96. The molecule has 140 valence electrons. The lowest BCUT2D eigenvalue weighted by Crippen LogP contribution is -2.40. The maximum atomic E-state index is 12.4. The molecule has 7 heteroatoms. The fraction of sp³-hybridized carbons (Fsp3) is 0.316. The van der Waals surface area contributed by atoms with Gasteiger partial charge in [-0.3, -0.25) is 4.79 Å². The zero-order valence-electron chi connectivity index (χ0n) is 15.4. The molecule has 2 aromatic rings. The van der Waals surface area contributed by atoms with Gasteiger partial charge in [0.25, 0.3) is 5.91 Å². The summed E-state index contributed by atoms with van der Waals surface area (Å²) in [5.41, 5.74) is 0.867. The maximum absolute atomic E-state index is 12.4. The van der Waals surface area contributed by atoms with Crippen LogP contribution in [0.25, 0.3) is 0 Å². The van der Waals surface area contributed by atoms with Gasteiger partial charge in [-0.05, 0) is 62.7 Å². The molecule has 0 aromatic heterocycles. The first-order valence-electron chi connectivity index (χ1n) is 8.16. The summed E-state index contributed by atoms with van der Waals surface area (Å²) in [4.78, 5) is 12.2. The Bertz CT molecular complexity index is 852. The monoisotopic (exact) mass is 376 g/mol. The normalized spacial score (nSPS) is 11.8. The van der Waals surface area contributed by atoms with Crippen LogP contribution >= 0.6 is 0 Å². The number of hydrogen-bond donors (Lipinski definition) is 2. The summed E-state index contributed by atoms with van der Waals surface area (Å²) in [6.45, 7) is 5.81. The predicted octanol–water partition coefficient (Wildman–Crippen LogP) is 2.70. The van der Waals surface area contributed by atoms with Gasteiger partial charge in [0, 0.05) is 17.6 Å². The van der Waals surface area contributed by atoms with Crippen molar-refractivity contribution in [2.75, 3.05) is 7.11 Å². The Morgan fingerprint density at radius 1 is 1.00 bits per heavy atom. The van der Waals surface area contributed by atoms with E-state index in [1.165, 1.54) is 24.3 Å². The highest BCUT2D eigenvalue weighted by Crippen LogP contribution is 2.14. The van der Waals surface area contributed by atoms with E-state index >= 15 is 0 Å². The molecule has 0 heterocycles. The van der Waals surface area contributed by atoms with Crippen molar-refractivity contribution in [2.24, 2.45) is 0 Å². The fourth-order valence-corrected chi connectivity index (χ4v) is 3.22. The fourth-order valence-electron chi connectivity index (χ4n) is 2.20. The van der Waals surface area contributed by atoms with Gasteiger partial charge in [-0.15, -0.1) is 0 Å². The Balaban J connectivity index is 2.05. The van der Waals surface area contributed by atoms with Gasteiger partial charge >= 0.3 is 0 Å². The van der Waals surface area contributed by atoms with Gasteiger partial charge in [-0.25, -0.2) is 13.1 Å². The van der Waals surface area contributed by atoms with Gasteiger partial charge in [0.1, 0.15) is 5.75 Å². The average Bonchev–Trinajstić information content (AvgIpc) is 2.59. The SMILES string of the molecule is COc1ccc(CNS(=O)(=O)c2ccc(C(=O)NC(C)(C)C)cc2)cc1. The van der Waals surface area contributed by atoms with E-state index in [9.17, 15) is 13.2 Å². The van der Waals surface area contributed by atoms with Crippen LogP contribution in [0.4, 0.5) is 0 Å². The molecule has 0 saturated heterocycles. The second-order valence-corrected chi connectivity index (χ2v) is 8.67. The van der Waals surface area contributed by atoms with E-state index in [2.05, 4.69) is 10.0 Å². The molecule has 0 atom stereocenters. The molecule has 0 spiro atoms. The van der Waals surface area contributed by atoms with Crippen molar-refractivity contribution in [1.29, 1.82) is 0 Å². The number of nitrogens with one attached hydrogen (secondary N) is 2. The van der Waals surface area contributed by atoms with Crippen LogP contribution in [-0.2, 0) is 16.6 Å². The van der Waals surface area contributed by atoms with E-state index in [1.807, 2.05) is 20.8 Å². The van der Waals surface area contributed by atoms with E-state index in [0.717, 1.165) is 5.56 Å². The number of amides is 1. The quantitative estimate of drug-likeness (QED) is 0.812. The first kappa shape index (κ1) is 19.9. The first-order valence-corrected chi connectivity index (χ1v) is 9.64. The highest BCUT2D eigenvalue weighted by molar-refractivity contribution is 7.89. The van der Waals surface area contributed by atoms with Crippen LogP contribution in [0.1, 0.15) is 36.7 Å². The minimum Gasteiger partial charge on any atom is -0.497 e. The lowest BCUT2D eigenvalue weighted by atomic mass is 10.1. The van der Waals surface area contributed by atoms with Gasteiger partial charge in [0.2, 0.25) is 10.0 Å². The number of sulfonamides is 1. The number of carbonyl (C=O) groups excluding carboxylic acids is 1. The summed E-state index contributed by atoms with van der Waals surface area (Å²) in [5.74, 6) is 0.466. The van der Waals surface area contributed by atoms with Gasteiger partial charge in [-0.2, -0.15) is 0 Å². The molecular weight excluding hydrogens is 352 g/mol. The lowest BCUT2D eigenvalue weighted by Gasteiger charge is -2.20. The van der Waals surface area contributed by atoms with Crippen LogP contribution in [-0.4, -0.2) is 27.0 Å². The van der Waals surface area contributed by atoms with Crippen LogP contribution in [0.5, 0.6) is 5.75 Å². The van der Waals surface area contributed by atoms with E-state index in [0.29, 0.717) is 11.3 Å². The predicted molar refractivity (Wildman–Crippen MR) is 101 cm³/mol. The third kappa shape index (κ3) is 5.57. The maximum Gasteiger partial charge on any atom is 0.251 e. The smallest absolute Gasteiger partial charge is 0.251 e. The number of hydrogen-bond acceptors (Lipinski definition) is 4. The lowest BCUT2D eigenvalue weighted by molar-refractivity contribution is 0.0919. The van der Waals surface area contributed by atoms with Crippen LogP contribution in [0.2, 0.25) is 0 Å². The van der Waals surface area contributed by atoms with Crippen molar-refractivity contribution in [1.82, 2.24) is 10.0 Å². The van der Waals surface area contributed by atoms with Crippen molar-refractivity contribution >= 4 is 15.9 Å². The van der Waals surface area contributed by atoms with Crippen molar-refractivity contribution < 1.29 is 17.9 Å². The van der Waals surface area contributed by atoms with Gasteiger partial charge in [-0.1, -0.05) is 12.1 Å². The molecule has 2 rings (SSSR count). The zero-order valence-corrected chi connectivity index (χ0v) is 16.2. The van der Waals surface area contributed by atoms with Crippen molar-refractivity contribution in [3.63, 3.8) is 0 Å². The third-order valence-electron chi connectivity index (χ3n) is 3.54. The van der Waals surface area contributed by atoms with E-state index in [-0.39, 0.29) is 22.9 Å². The molecule has 0 aliphatic heterocycles. The first-order chi connectivity index (χ1) is 12.1. The summed E-state index contributed by atoms with van der Waals surface area (Å²) in [6, 6.07) is 13.0. The van der Waals surface area contributed by atoms with E-state index < -0.39 is 10.0 Å². The van der Waals surface area contributed by atoms with Crippen molar-refractivity contribution in [2.45, 2.75) is 37.8 Å². The average molecular weight is 376 g/mol. The van der Waals surface area contributed by atoms with Crippen LogP contribution in [0.3, 0.4) is 0 Å². The zero-order chi connectivity index (χ0) is 19.4. The molecule has 0 unspecified atom stereocenters. The van der Waals surface area contributed by atoms with Crippen LogP contribution < -0.4 is 14.8 Å². The molecule has 1 amide bonds. The molecular formula is C19H24N2O4S. The van der Waals surface area contributed by atoms with Crippen LogP contribution in [0.15, 0.2) is 53.4 Å². The molecule has 26 heavy (non-hydrogen) atoms.